The molecule has 2 N–H and O–H groups in total. The first-order valence-corrected chi connectivity index (χ1v) is 7.20. The largest absolute Gasteiger partial charge is 0.496 e. The molecule has 0 atom stereocenters. The Hall–Kier alpha value is -0.995. The molecule has 1 aromatic carbocycles. The van der Waals surface area contributed by atoms with Crippen molar-refractivity contribution >= 4 is 18.3 Å². The van der Waals surface area contributed by atoms with E-state index in [1.165, 1.54) is 5.56 Å². The van der Waals surface area contributed by atoms with Crippen LogP contribution in [0.15, 0.2) is 18.2 Å². The summed E-state index contributed by atoms with van der Waals surface area (Å²) in [6.45, 7) is 14.7. The molecule has 20 heavy (non-hydrogen) atoms. The lowest BCUT2D eigenvalue weighted by Gasteiger charge is -2.32. The lowest BCUT2D eigenvalue weighted by atomic mass is 9.75. The Kier molecular flexibility index (Phi) is 3.47. The molecule has 3 nitrogen and oxygen atoms in total. The second-order valence-corrected chi connectivity index (χ2v) is 7.68. The van der Waals surface area contributed by atoms with Gasteiger partial charge in [-0.25, -0.2) is 0 Å². The van der Waals surface area contributed by atoms with Gasteiger partial charge in [0.2, 0.25) is 0 Å². The van der Waals surface area contributed by atoms with Crippen LogP contribution < -0.4 is 11.2 Å². The number of hydrogen-bond acceptors (Lipinski definition) is 3. The molecular weight excluding hydrogens is 249 g/mol. The van der Waals surface area contributed by atoms with Gasteiger partial charge in [0.1, 0.15) is 0 Å². The van der Waals surface area contributed by atoms with E-state index >= 15 is 0 Å². The smallest absolute Gasteiger partial charge is 0.399 e. The fourth-order valence-electron chi connectivity index (χ4n) is 2.23. The van der Waals surface area contributed by atoms with Crippen LogP contribution in [0.1, 0.15) is 54.0 Å². The van der Waals surface area contributed by atoms with Crippen molar-refractivity contribution in [2.24, 2.45) is 0 Å². The Labute approximate surface area is 123 Å². The molecule has 0 saturated carbocycles. The number of rotatable bonds is 1. The molecule has 110 valence electrons. The topological polar surface area (TPSA) is 44.5 Å². The zero-order valence-electron chi connectivity index (χ0n) is 13.7. The van der Waals surface area contributed by atoms with Crippen LogP contribution in [0.3, 0.4) is 0 Å². The summed E-state index contributed by atoms with van der Waals surface area (Å²) in [6.07, 6.45) is 0. The highest BCUT2D eigenvalue weighted by Gasteiger charge is 2.52. The highest BCUT2D eigenvalue weighted by molar-refractivity contribution is 6.63. The molecule has 1 heterocycles. The van der Waals surface area contributed by atoms with E-state index in [0.717, 1.165) is 11.2 Å². The highest BCUT2D eigenvalue weighted by Crippen LogP contribution is 2.37. The number of nitrogens with two attached hydrogens (primary N) is 1. The second-order valence-electron chi connectivity index (χ2n) is 7.68. The average molecular weight is 275 g/mol. The van der Waals surface area contributed by atoms with Crippen molar-refractivity contribution in [3.05, 3.63) is 23.8 Å². The van der Waals surface area contributed by atoms with Gasteiger partial charge in [-0.2, -0.15) is 0 Å². The monoisotopic (exact) mass is 275 g/mol. The Morgan fingerprint density at radius 1 is 1.00 bits per heavy atom. The lowest BCUT2D eigenvalue weighted by Crippen LogP contribution is -2.41. The van der Waals surface area contributed by atoms with Gasteiger partial charge in [-0.1, -0.05) is 32.9 Å². The molecule has 0 bridgehead atoms. The minimum atomic E-state index is -0.394. The fourth-order valence-corrected chi connectivity index (χ4v) is 2.23. The van der Waals surface area contributed by atoms with Crippen molar-refractivity contribution in [3.8, 4) is 0 Å². The third-order valence-electron chi connectivity index (χ3n) is 4.46. The van der Waals surface area contributed by atoms with E-state index in [2.05, 4.69) is 26.8 Å². The summed E-state index contributed by atoms with van der Waals surface area (Å²) in [5.74, 6) is 0. The van der Waals surface area contributed by atoms with Gasteiger partial charge in [-0.3, -0.25) is 0 Å². The van der Waals surface area contributed by atoms with Gasteiger partial charge in [0.25, 0.3) is 0 Å². The van der Waals surface area contributed by atoms with Gasteiger partial charge in [-0.15, -0.1) is 0 Å². The van der Waals surface area contributed by atoms with Crippen LogP contribution in [-0.2, 0) is 14.7 Å². The zero-order chi connectivity index (χ0) is 15.3. The van der Waals surface area contributed by atoms with Crippen LogP contribution in [0.25, 0.3) is 0 Å². The molecule has 1 aliphatic rings. The van der Waals surface area contributed by atoms with Gasteiger partial charge >= 0.3 is 7.12 Å². The van der Waals surface area contributed by atoms with Gasteiger partial charge in [0, 0.05) is 11.2 Å². The van der Waals surface area contributed by atoms with Crippen LogP contribution in [0.2, 0.25) is 0 Å². The number of benzene rings is 1. The van der Waals surface area contributed by atoms with E-state index in [-0.39, 0.29) is 16.6 Å². The lowest BCUT2D eigenvalue weighted by molar-refractivity contribution is 0.00578. The Balaban J connectivity index is 2.33. The minimum absolute atomic E-state index is 0.0859. The molecule has 0 aromatic heterocycles. The van der Waals surface area contributed by atoms with Crippen LogP contribution >= 0.6 is 0 Å². The summed E-state index contributed by atoms with van der Waals surface area (Å²) in [6, 6.07) is 6.16. The molecule has 0 spiro atoms. The third kappa shape index (κ3) is 2.59. The Bertz CT molecular complexity index is 502. The second kappa shape index (κ2) is 4.50. The molecule has 1 saturated heterocycles. The van der Waals surface area contributed by atoms with Crippen molar-refractivity contribution in [1.82, 2.24) is 0 Å². The maximum atomic E-state index is 6.22. The van der Waals surface area contributed by atoms with Crippen molar-refractivity contribution in [3.63, 3.8) is 0 Å². The van der Waals surface area contributed by atoms with Crippen LogP contribution in [-0.4, -0.2) is 18.3 Å². The normalized spacial score (nSPS) is 21.2. The summed E-state index contributed by atoms with van der Waals surface area (Å²) in [5.41, 5.74) is 8.48. The Morgan fingerprint density at radius 3 is 1.90 bits per heavy atom. The number of hydrogen-bond donors (Lipinski definition) is 1. The van der Waals surface area contributed by atoms with Crippen molar-refractivity contribution in [2.45, 2.75) is 65.1 Å². The van der Waals surface area contributed by atoms with Gasteiger partial charge in [0.05, 0.1) is 11.2 Å². The van der Waals surface area contributed by atoms with Crippen LogP contribution in [0, 0.1) is 0 Å². The Morgan fingerprint density at radius 2 is 1.50 bits per heavy atom. The van der Waals surface area contributed by atoms with Crippen molar-refractivity contribution in [1.29, 1.82) is 0 Å². The quantitative estimate of drug-likeness (QED) is 0.633. The predicted octanol–water partition coefficient (Wildman–Crippen LogP) is 2.87. The van der Waals surface area contributed by atoms with Crippen molar-refractivity contribution < 1.29 is 9.31 Å². The van der Waals surface area contributed by atoms with E-state index in [1.807, 2.05) is 39.8 Å². The average Bonchev–Trinajstić information content (AvgIpc) is 2.46. The molecule has 0 amide bonds. The molecule has 4 heteroatoms. The first-order chi connectivity index (χ1) is 8.94. The summed E-state index contributed by atoms with van der Waals surface area (Å²) in [7, 11) is -0.394. The van der Waals surface area contributed by atoms with E-state index in [4.69, 9.17) is 15.0 Å². The molecule has 0 radical (unpaired) electrons. The van der Waals surface area contributed by atoms with E-state index < -0.39 is 7.12 Å². The van der Waals surface area contributed by atoms with E-state index in [9.17, 15) is 0 Å². The molecule has 1 aromatic rings. The predicted molar refractivity (Wildman–Crippen MR) is 85.3 cm³/mol. The maximum Gasteiger partial charge on any atom is 0.496 e. The van der Waals surface area contributed by atoms with Gasteiger partial charge in [-0.05, 0) is 44.7 Å². The number of anilines is 1. The molecular formula is C16H26BNO2. The zero-order valence-corrected chi connectivity index (χ0v) is 13.7. The van der Waals surface area contributed by atoms with Crippen LogP contribution in [0.5, 0.6) is 0 Å². The molecule has 1 fully saturated rings. The minimum Gasteiger partial charge on any atom is -0.399 e. The molecule has 0 aliphatic carbocycles. The number of nitrogen functional groups attached to an aromatic ring is 1. The molecule has 2 rings (SSSR count). The van der Waals surface area contributed by atoms with E-state index in [1.54, 1.807) is 0 Å². The third-order valence-corrected chi connectivity index (χ3v) is 4.46. The fraction of sp³-hybridized carbons (Fsp3) is 0.625. The summed E-state index contributed by atoms with van der Waals surface area (Å²) in [5, 5.41) is 0. The summed E-state index contributed by atoms with van der Waals surface area (Å²) >= 11 is 0. The van der Waals surface area contributed by atoms with Crippen LogP contribution in [0.4, 0.5) is 5.69 Å². The molecule has 0 unspecified atom stereocenters. The first kappa shape index (κ1) is 15.4. The summed E-state index contributed by atoms with van der Waals surface area (Å²) < 4.78 is 12.1. The van der Waals surface area contributed by atoms with Gasteiger partial charge < -0.3 is 15.0 Å². The summed E-state index contributed by atoms with van der Waals surface area (Å²) in [4.78, 5) is 0. The molecule has 1 aliphatic heterocycles. The highest BCUT2D eigenvalue weighted by atomic mass is 16.7. The van der Waals surface area contributed by atoms with E-state index in [0.29, 0.717) is 0 Å². The van der Waals surface area contributed by atoms with Crippen molar-refractivity contribution in [2.75, 3.05) is 5.73 Å². The van der Waals surface area contributed by atoms with Gasteiger partial charge in [0.15, 0.2) is 0 Å². The maximum absolute atomic E-state index is 6.22. The SMILES string of the molecule is CC(C)(C)c1ccc(B2OC(C)(C)C(C)(C)O2)c(N)c1. The standard InChI is InChI=1S/C16H26BNO2/c1-14(2,3)11-8-9-12(13(18)10-11)17-19-15(4,5)16(6,7)20-17/h8-10H,18H2,1-7H3. The first-order valence-electron chi connectivity index (χ1n) is 7.20.